The summed E-state index contributed by atoms with van der Waals surface area (Å²) >= 11 is 0. The number of hydrogen-bond acceptors (Lipinski definition) is 0. The van der Waals surface area contributed by atoms with Gasteiger partial charge in [0.25, 0.3) is 0 Å². The summed E-state index contributed by atoms with van der Waals surface area (Å²) in [6.07, 6.45) is 18.9. The molecule has 0 aliphatic heterocycles. The number of hydrogen-bond donors (Lipinski definition) is 0. The van der Waals surface area contributed by atoms with Crippen molar-refractivity contribution in [3.8, 4) is 0 Å². The topological polar surface area (TPSA) is 0 Å². The molecule has 0 aliphatic rings. The van der Waals surface area contributed by atoms with Crippen LogP contribution in [0.1, 0.15) is 104 Å². The van der Waals surface area contributed by atoms with Crippen molar-refractivity contribution in [2.24, 2.45) is 0 Å². The molecule has 0 rings (SSSR count). The fourth-order valence-electron chi connectivity index (χ4n) is 2.09. The molecule has 0 spiro atoms. The molecule has 0 nitrogen and oxygen atoms in total. The van der Waals surface area contributed by atoms with E-state index in [2.05, 4.69) is 13.8 Å². The van der Waals surface area contributed by atoms with Gasteiger partial charge in [-0.25, -0.2) is 0 Å². The van der Waals surface area contributed by atoms with E-state index in [9.17, 15) is 0 Å². The minimum atomic E-state index is 0. The maximum atomic E-state index is 2.29. The van der Waals surface area contributed by atoms with Crippen LogP contribution in [-0.4, -0.2) is 0 Å². The quantitative estimate of drug-likeness (QED) is 0.246. The molecule has 20 heavy (non-hydrogen) atoms. The third-order valence-corrected chi connectivity index (χ3v) is 3.21. The van der Waals surface area contributed by atoms with Crippen LogP contribution in [-0.2, 0) is 0 Å². The zero-order valence-corrected chi connectivity index (χ0v) is 26.2. The first-order valence-corrected chi connectivity index (χ1v) is 7.41. The van der Waals surface area contributed by atoms with E-state index >= 15 is 0 Å². The maximum absolute atomic E-state index is 2.29. The summed E-state index contributed by atoms with van der Waals surface area (Å²) in [6, 6.07) is 0. The summed E-state index contributed by atoms with van der Waals surface area (Å²) in [5.74, 6) is 0. The van der Waals surface area contributed by atoms with Crippen LogP contribution in [0.4, 0.5) is 0 Å². The van der Waals surface area contributed by atoms with Gasteiger partial charge >= 0.3 is 148 Å². The van der Waals surface area contributed by atoms with Gasteiger partial charge < -0.3 is 7.13 Å². The summed E-state index contributed by atoms with van der Waals surface area (Å²) in [5.41, 5.74) is 0. The van der Waals surface area contributed by atoms with Crippen LogP contribution in [0.25, 0.3) is 0 Å². The van der Waals surface area contributed by atoms with Crippen molar-refractivity contribution in [1.29, 1.82) is 0 Å². The molecular formula is C15H37Na5. The summed E-state index contributed by atoms with van der Waals surface area (Å²) in [4.78, 5) is 0. The minimum absolute atomic E-state index is 0. The smallest absolute Gasteiger partial charge is 1.00 e. The van der Waals surface area contributed by atoms with E-state index in [4.69, 9.17) is 0 Å². The monoisotopic (exact) mass is 332 g/mol. The summed E-state index contributed by atoms with van der Waals surface area (Å²) in [5, 5.41) is 0. The van der Waals surface area contributed by atoms with Gasteiger partial charge in [-0.2, -0.15) is 0 Å². The second-order valence-electron chi connectivity index (χ2n) is 4.89. The molecule has 0 saturated heterocycles. The van der Waals surface area contributed by atoms with Gasteiger partial charge in [0.2, 0.25) is 0 Å². The first-order chi connectivity index (χ1) is 7.41. The van der Waals surface area contributed by atoms with Crippen LogP contribution in [0.15, 0.2) is 0 Å². The summed E-state index contributed by atoms with van der Waals surface area (Å²) in [6.45, 7) is 4.58. The van der Waals surface area contributed by atoms with Gasteiger partial charge in [-0.05, 0) is 0 Å². The van der Waals surface area contributed by atoms with Crippen LogP contribution in [0.2, 0.25) is 0 Å². The first-order valence-electron chi connectivity index (χ1n) is 7.41. The molecular weight excluding hydrogens is 295 g/mol. The second-order valence-corrected chi connectivity index (χ2v) is 4.89. The van der Waals surface area contributed by atoms with Crippen molar-refractivity contribution < 1.29 is 155 Å². The van der Waals surface area contributed by atoms with Crippen molar-refractivity contribution in [3.63, 3.8) is 0 Å². The van der Waals surface area contributed by atoms with E-state index in [1.165, 1.54) is 83.5 Å². The van der Waals surface area contributed by atoms with Gasteiger partial charge in [-0.3, -0.25) is 0 Å². The molecule has 0 heterocycles. The summed E-state index contributed by atoms with van der Waals surface area (Å²) in [7, 11) is 0. The Morgan fingerprint density at radius 2 is 0.500 bits per heavy atom. The molecule has 0 radical (unpaired) electrons. The SMILES string of the molecule is CCCCCCCCCCCCCCC.[H-].[H-].[H-].[H-].[H-].[Na+].[Na+].[Na+].[Na+].[Na+]. The Balaban J connectivity index is -0.0000000218. The molecule has 0 saturated carbocycles. The predicted octanol–water partition coefficient (Wildman–Crippen LogP) is -8.32. The van der Waals surface area contributed by atoms with E-state index in [1.54, 1.807) is 0 Å². The van der Waals surface area contributed by atoms with Crippen molar-refractivity contribution in [2.45, 2.75) is 97.3 Å². The molecule has 0 amide bonds. The third-order valence-electron chi connectivity index (χ3n) is 3.21. The zero-order valence-electron chi connectivity index (χ0n) is 21.2. The predicted molar refractivity (Wildman–Crippen MR) is 76.9 cm³/mol. The average Bonchev–Trinajstić information content (AvgIpc) is 2.26. The van der Waals surface area contributed by atoms with E-state index in [0.717, 1.165) is 0 Å². The van der Waals surface area contributed by atoms with Crippen molar-refractivity contribution in [1.82, 2.24) is 0 Å². The van der Waals surface area contributed by atoms with Crippen LogP contribution >= 0.6 is 0 Å². The Hall–Kier alpha value is 5.00. The van der Waals surface area contributed by atoms with E-state index in [0.29, 0.717) is 0 Å². The fourth-order valence-corrected chi connectivity index (χ4v) is 2.09. The van der Waals surface area contributed by atoms with Gasteiger partial charge in [0, 0.05) is 0 Å². The molecule has 0 fully saturated rings. The first kappa shape index (κ1) is 39.9. The van der Waals surface area contributed by atoms with Crippen molar-refractivity contribution in [3.05, 3.63) is 0 Å². The number of unbranched alkanes of at least 4 members (excludes halogenated alkanes) is 12. The molecule has 0 unspecified atom stereocenters. The van der Waals surface area contributed by atoms with E-state index < -0.39 is 0 Å². The van der Waals surface area contributed by atoms with Crippen LogP contribution < -0.4 is 148 Å². The van der Waals surface area contributed by atoms with Crippen LogP contribution in [0, 0.1) is 0 Å². The molecule has 0 bridgehead atoms. The normalized spacial score (nSPS) is 8.10. The molecule has 0 N–H and O–H groups in total. The Bertz CT molecular complexity index is 118. The Kier molecular flexibility index (Phi) is 78.2. The molecule has 0 atom stereocenters. The molecule has 0 aromatic rings. The standard InChI is InChI=1S/C15H32.5Na.5H/c1-3-5-7-9-11-13-15-14-12-10-8-6-4-2;;;;;;;;;;/h3-15H2,1-2H3;;;;;;;;;;/q;5*+1;5*-1. The van der Waals surface area contributed by atoms with Crippen LogP contribution in [0.5, 0.6) is 0 Å². The molecule has 0 aromatic carbocycles. The molecule has 0 aromatic heterocycles. The van der Waals surface area contributed by atoms with Crippen LogP contribution in [0.3, 0.4) is 0 Å². The van der Waals surface area contributed by atoms with Gasteiger partial charge in [0.05, 0.1) is 0 Å². The van der Waals surface area contributed by atoms with Crippen molar-refractivity contribution >= 4 is 0 Å². The van der Waals surface area contributed by atoms with Crippen molar-refractivity contribution in [2.75, 3.05) is 0 Å². The molecule has 5 heteroatoms. The Labute approximate surface area is 247 Å². The molecule has 102 valence electrons. The molecule has 0 aliphatic carbocycles. The Morgan fingerprint density at radius 1 is 0.350 bits per heavy atom. The van der Waals surface area contributed by atoms with E-state index in [-0.39, 0.29) is 155 Å². The number of rotatable bonds is 12. The van der Waals surface area contributed by atoms with Gasteiger partial charge in [0.1, 0.15) is 0 Å². The second kappa shape index (κ2) is 39.2. The largest absolute Gasteiger partial charge is 1.00 e. The van der Waals surface area contributed by atoms with E-state index in [1.807, 2.05) is 0 Å². The third kappa shape index (κ3) is 38.5. The maximum Gasteiger partial charge on any atom is 1.00 e. The minimum Gasteiger partial charge on any atom is -1.00 e. The average molecular weight is 332 g/mol. The zero-order chi connectivity index (χ0) is 11.2. The van der Waals surface area contributed by atoms with Gasteiger partial charge in [-0.1, -0.05) is 97.3 Å². The van der Waals surface area contributed by atoms with Gasteiger partial charge in [0.15, 0.2) is 0 Å². The van der Waals surface area contributed by atoms with Gasteiger partial charge in [-0.15, -0.1) is 0 Å². The summed E-state index contributed by atoms with van der Waals surface area (Å²) < 4.78 is 0. The fraction of sp³-hybridized carbons (Fsp3) is 1.00. The Morgan fingerprint density at radius 3 is 0.650 bits per heavy atom.